The molecule has 0 fully saturated rings. The first-order chi connectivity index (χ1) is 9.94. The summed E-state index contributed by atoms with van der Waals surface area (Å²) in [5.74, 6) is 0. The topological polar surface area (TPSA) is 0 Å². The third kappa shape index (κ3) is 2.68. The number of hydrogen-bond acceptors (Lipinski definition) is 0. The van der Waals surface area contributed by atoms with Crippen LogP contribution in [-0.2, 0) is 0 Å². The molecule has 113 valence electrons. The van der Waals surface area contributed by atoms with Crippen molar-refractivity contribution in [3.8, 4) is 0 Å². The lowest BCUT2D eigenvalue weighted by Crippen LogP contribution is -2.40. The molecule has 0 saturated carbocycles. The van der Waals surface area contributed by atoms with E-state index >= 15 is 0 Å². The van der Waals surface area contributed by atoms with Crippen molar-refractivity contribution in [2.24, 2.45) is 0 Å². The molecule has 0 aromatic heterocycles. The van der Waals surface area contributed by atoms with Crippen molar-refractivity contribution in [3.63, 3.8) is 0 Å². The fourth-order valence-corrected chi connectivity index (χ4v) is 7.14. The summed E-state index contributed by atoms with van der Waals surface area (Å²) in [5.41, 5.74) is 6.40. The van der Waals surface area contributed by atoms with E-state index in [1.165, 1.54) is 18.4 Å². The zero-order chi connectivity index (χ0) is 15.6. The number of hydrogen-bond donors (Lipinski definition) is 0. The van der Waals surface area contributed by atoms with Gasteiger partial charge in [-0.2, -0.15) is 0 Å². The van der Waals surface area contributed by atoms with Gasteiger partial charge in [0, 0.05) is 5.04 Å². The molecule has 0 nitrogen and oxygen atoms in total. The van der Waals surface area contributed by atoms with E-state index in [-0.39, 0.29) is 0 Å². The maximum absolute atomic E-state index is 4.04. The summed E-state index contributed by atoms with van der Waals surface area (Å²) in [6.07, 6.45) is 3.45. The largest absolute Gasteiger partial charge is 0.0828 e. The molecule has 0 spiro atoms. The highest BCUT2D eigenvalue weighted by molar-refractivity contribution is 6.76. The maximum Gasteiger partial charge on any atom is 0.0828 e. The van der Waals surface area contributed by atoms with E-state index in [1.54, 1.807) is 21.9 Å². The molecule has 1 radical (unpaired) electrons. The van der Waals surface area contributed by atoms with Crippen molar-refractivity contribution in [1.29, 1.82) is 0 Å². The lowest BCUT2D eigenvalue weighted by Gasteiger charge is -2.37. The van der Waals surface area contributed by atoms with Gasteiger partial charge in [0.2, 0.25) is 0 Å². The zero-order valence-corrected chi connectivity index (χ0v) is 15.4. The van der Waals surface area contributed by atoms with Crippen LogP contribution in [0.2, 0.25) is 11.6 Å². The Morgan fingerprint density at radius 3 is 2.24 bits per heavy atom. The molecule has 2 rings (SSSR count). The van der Waals surface area contributed by atoms with Crippen molar-refractivity contribution < 1.29 is 0 Å². The van der Waals surface area contributed by atoms with Crippen LogP contribution in [0, 0.1) is 6.92 Å². The Bertz CT molecular complexity index is 565. The van der Waals surface area contributed by atoms with Crippen molar-refractivity contribution >= 4 is 14.0 Å². The van der Waals surface area contributed by atoms with Crippen LogP contribution in [0.25, 0.3) is 0 Å². The van der Waals surface area contributed by atoms with Gasteiger partial charge in [-0.3, -0.25) is 0 Å². The molecule has 0 amide bonds. The predicted molar refractivity (Wildman–Crippen MR) is 97.7 cm³/mol. The first-order valence-corrected chi connectivity index (χ1v) is 10.5. The van der Waals surface area contributed by atoms with Gasteiger partial charge in [0.05, 0.1) is 8.80 Å². The van der Waals surface area contributed by atoms with E-state index in [1.807, 2.05) is 0 Å². The molecule has 0 saturated heterocycles. The third-order valence-electron chi connectivity index (χ3n) is 5.83. The van der Waals surface area contributed by atoms with Gasteiger partial charge in [-0.15, -0.1) is 0 Å². The van der Waals surface area contributed by atoms with Crippen LogP contribution in [0.1, 0.15) is 47.0 Å². The Hall–Kier alpha value is -1.08. The van der Waals surface area contributed by atoms with Crippen LogP contribution < -0.4 is 5.19 Å². The normalized spacial score (nSPS) is 23.9. The highest BCUT2D eigenvalue weighted by atomic mass is 28.3. The summed E-state index contributed by atoms with van der Waals surface area (Å²) < 4.78 is 0. The molecule has 2 unspecified atom stereocenters. The highest BCUT2D eigenvalue weighted by Crippen LogP contribution is 2.55. The second-order valence-corrected chi connectivity index (χ2v) is 9.91. The summed E-state index contributed by atoms with van der Waals surface area (Å²) in [6.45, 7) is 16.1. The van der Waals surface area contributed by atoms with Gasteiger partial charge in [0.1, 0.15) is 0 Å². The van der Waals surface area contributed by atoms with E-state index in [0.29, 0.717) is 5.04 Å². The summed E-state index contributed by atoms with van der Waals surface area (Å²) >= 11 is 0. The van der Waals surface area contributed by atoms with Crippen LogP contribution in [0.3, 0.4) is 0 Å². The van der Waals surface area contributed by atoms with Gasteiger partial charge in [0.25, 0.3) is 0 Å². The van der Waals surface area contributed by atoms with Gasteiger partial charge in [-0.1, -0.05) is 73.5 Å². The molecule has 1 aliphatic rings. The lowest BCUT2D eigenvalue weighted by atomic mass is 9.92. The van der Waals surface area contributed by atoms with Crippen LogP contribution in [-0.4, -0.2) is 8.80 Å². The van der Waals surface area contributed by atoms with Crippen LogP contribution >= 0.6 is 0 Å². The summed E-state index contributed by atoms with van der Waals surface area (Å²) in [4.78, 5) is 0. The Morgan fingerprint density at radius 2 is 1.67 bits per heavy atom. The van der Waals surface area contributed by atoms with E-state index in [0.717, 1.165) is 6.42 Å². The molecule has 0 heterocycles. The quantitative estimate of drug-likeness (QED) is 0.657. The van der Waals surface area contributed by atoms with E-state index in [9.17, 15) is 0 Å². The minimum Gasteiger partial charge on any atom is -0.0671 e. The molecule has 1 aliphatic carbocycles. The molecule has 2 atom stereocenters. The summed E-state index contributed by atoms with van der Waals surface area (Å²) in [6, 6.07) is 11.2. The summed E-state index contributed by atoms with van der Waals surface area (Å²) in [5, 5.41) is 1.87. The molecule has 0 bridgehead atoms. The van der Waals surface area contributed by atoms with Gasteiger partial charge in [-0.25, -0.2) is 0 Å². The predicted octanol–water partition coefficient (Wildman–Crippen LogP) is 5.18. The standard InChI is InChI=1S/C20H29Si/c1-7-8-14-19-16(3)15(2)17(4)20(19,5)21(6)18-12-10-9-11-13-18/h9-13,21H,1,7-8,14H2,2-6H3. The van der Waals surface area contributed by atoms with Crippen molar-refractivity contribution in [3.05, 3.63) is 59.5 Å². The van der Waals surface area contributed by atoms with Crippen molar-refractivity contribution in [2.45, 2.75) is 58.5 Å². The number of unbranched alkanes of at least 4 members (excludes halogenated alkanes) is 1. The van der Waals surface area contributed by atoms with Crippen LogP contribution in [0.15, 0.2) is 52.6 Å². The first kappa shape index (κ1) is 16.3. The Balaban J connectivity index is 2.46. The minimum atomic E-state index is -1.10. The lowest BCUT2D eigenvalue weighted by molar-refractivity contribution is 0.720. The SMILES string of the molecule is [CH2]CCCC1=C(C)C(C)=C(C)C1(C)[SiH](C)c1ccccc1. The first-order valence-electron chi connectivity index (χ1n) is 8.17. The zero-order valence-electron chi connectivity index (χ0n) is 14.3. The fraction of sp³-hybridized carbons (Fsp3) is 0.450. The Kier molecular flexibility index (Phi) is 4.93. The molecule has 1 aromatic carbocycles. The monoisotopic (exact) mass is 297 g/mol. The Labute approximate surface area is 132 Å². The highest BCUT2D eigenvalue weighted by Gasteiger charge is 2.43. The molecular weight excluding hydrogens is 268 g/mol. The smallest absolute Gasteiger partial charge is 0.0671 e. The average Bonchev–Trinajstić information content (AvgIpc) is 2.68. The van der Waals surface area contributed by atoms with E-state index in [2.05, 4.69) is 71.5 Å². The Morgan fingerprint density at radius 1 is 1.05 bits per heavy atom. The van der Waals surface area contributed by atoms with E-state index < -0.39 is 8.80 Å². The fourth-order valence-electron chi connectivity index (χ4n) is 3.92. The number of rotatable bonds is 5. The maximum atomic E-state index is 4.04. The molecule has 0 N–H and O–H groups in total. The second kappa shape index (κ2) is 6.35. The number of benzene rings is 1. The second-order valence-electron chi connectivity index (χ2n) is 6.65. The molecule has 1 heteroatoms. The molecule has 1 aromatic rings. The van der Waals surface area contributed by atoms with Crippen LogP contribution in [0.4, 0.5) is 0 Å². The van der Waals surface area contributed by atoms with Crippen LogP contribution in [0.5, 0.6) is 0 Å². The van der Waals surface area contributed by atoms with Crippen molar-refractivity contribution in [2.75, 3.05) is 0 Å². The third-order valence-corrected chi connectivity index (χ3v) is 9.72. The molecule has 0 aliphatic heterocycles. The van der Waals surface area contributed by atoms with Gasteiger partial charge < -0.3 is 0 Å². The van der Waals surface area contributed by atoms with E-state index in [4.69, 9.17) is 0 Å². The molecular formula is C20H29Si. The number of allylic oxidation sites excluding steroid dienone is 4. The average molecular weight is 298 g/mol. The minimum absolute atomic E-state index is 0.296. The van der Waals surface area contributed by atoms with Gasteiger partial charge in [-0.05, 0) is 44.8 Å². The van der Waals surface area contributed by atoms with Crippen molar-refractivity contribution in [1.82, 2.24) is 0 Å². The van der Waals surface area contributed by atoms with Gasteiger partial charge in [0.15, 0.2) is 0 Å². The van der Waals surface area contributed by atoms with Gasteiger partial charge >= 0.3 is 0 Å². The summed E-state index contributed by atoms with van der Waals surface area (Å²) in [7, 11) is -1.10. The molecule has 21 heavy (non-hydrogen) atoms.